The monoisotopic (exact) mass is 500 g/mol. The largest absolute Gasteiger partial charge is 0.465 e. The van der Waals surface area contributed by atoms with Crippen LogP contribution >= 0.6 is 27.5 Å². The van der Waals surface area contributed by atoms with Crippen LogP contribution in [0, 0.1) is 0 Å². The van der Waals surface area contributed by atoms with Crippen molar-refractivity contribution in [3.05, 3.63) is 99.0 Å². The second-order valence-corrected chi connectivity index (χ2v) is 8.08. The molecule has 31 heavy (non-hydrogen) atoms. The van der Waals surface area contributed by atoms with Crippen molar-refractivity contribution in [3.8, 4) is 0 Å². The van der Waals surface area contributed by atoms with Crippen molar-refractivity contribution in [1.82, 2.24) is 5.32 Å². The molecule has 5 nitrogen and oxygen atoms in total. The fourth-order valence-corrected chi connectivity index (χ4v) is 3.73. The maximum Gasteiger partial charge on any atom is 0.319 e. The Kier molecular flexibility index (Phi) is 8.23. The van der Waals surface area contributed by atoms with Gasteiger partial charge in [0.2, 0.25) is 0 Å². The number of hydrogen-bond acceptors (Lipinski definition) is 4. The molecule has 0 saturated carbocycles. The van der Waals surface area contributed by atoms with E-state index in [0.717, 1.165) is 15.6 Å². The zero-order valence-corrected chi connectivity index (χ0v) is 19.2. The zero-order valence-electron chi connectivity index (χ0n) is 16.9. The highest BCUT2D eigenvalue weighted by molar-refractivity contribution is 9.10. The molecule has 3 aromatic rings. The summed E-state index contributed by atoms with van der Waals surface area (Å²) >= 11 is 9.54. The van der Waals surface area contributed by atoms with E-state index in [-0.39, 0.29) is 24.5 Å². The van der Waals surface area contributed by atoms with Gasteiger partial charge in [-0.25, -0.2) is 0 Å². The van der Waals surface area contributed by atoms with Gasteiger partial charge in [0, 0.05) is 20.7 Å². The van der Waals surface area contributed by atoms with Gasteiger partial charge < -0.3 is 10.1 Å². The van der Waals surface area contributed by atoms with Crippen LogP contribution in [0.15, 0.2) is 77.3 Å². The van der Waals surface area contributed by atoms with E-state index >= 15 is 0 Å². The summed E-state index contributed by atoms with van der Waals surface area (Å²) in [5.41, 5.74) is 2.83. The molecule has 3 rings (SSSR count). The van der Waals surface area contributed by atoms with Gasteiger partial charge in [-0.05, 0) is 54.4 Å². The van der Waals surface area contributed by atoms with Crippen molar-refractivity contribution in [1.29, 1.82) is 0 Å². The first-order valence-electron chi connectivity index (χ1n) is 9.78. The third-order valence-corrected chi connectivity index (χ3v) is 5.28. The number of amides is 1. The molecule has 0 unspecified atom stereocenters. The molecule has 2 N–H and O–H groups in total. The summed E-state index contributed by atoms with van der Waals surface area (Å²) in [6.07, 6.45) is 0. The number of anilines is 1. The Morgan fingerprint density at radius 1 is 1.03 bits per heavy atom. The Morgan fingerprint density at radius 3 is 2.52 bits per heavy atom. The third kappa shape index (κ3) is 6.40. The number of carbonyl (C=O) groups excluding carboxylic acids is 2. The van der Waals surface area contributed by atoms with Crippen LogP contribution in [0.5, 0.6) is 0 Å². The van der Waals surface area contributed by atoms with Gasteiger partial charge >= 0.3 is 5.97 Å². The smallest absolute Gasteiger partial charge is 0.319 e. The van der Waals surface area contributed by atoms with Crippen LogP contribution in [0.25, 0.3) is 0 Å². The quantitative estimate of drug-likeness (QED) is 0.395. The Balaban J connectivity index is 1.95. The maximum atomic E-state index is 12.8. The van der Waals surface area contributed by atoms with Crippen LogP contribution in [0.3, 0.4) is 0 Å². The van der Waals surface area contributed by atoms with Gasteiger partial charge in [0.15, 0.2) is 0 Å². The number of benzene rings is 3. The fraction of sp³-hybridized carbons (Fsp3) is 0.167. The fourth-order valence-electron chi connectivity index (χ4n) is 3.16. The number of halogens is 2. The van der Waals surface area contributed by atoms with Crippen LogP contribution in [0.2, 0.25) is 5.02 Å². The van der Waals surface area contributed by atoms with Crippen LogP contribution < -0.4 is 10.6 Å². The first-order chi connectivity index (χ1) is 15.0. The van der Waals surface area contributed by atoms with Crippen LogP contribution in [-0.2, 0) is 9.53 Å². The first-order valence-corrected chi connectivity index (χ1v) is 11.0. The SMILES string of the molecule is CCOC(=O)CN[C@H](c1ccccc1)c1cc(Br)ccc1NC(=O)c1cccc(Cl)c1. The second-order valence-electron chi connectivity index (χ2n) is 6.73. The summed E-state index contributed by atoms with van der Waals surface area (Å²) in [4.78, 5) is 24.8. The maximum absolute atomic E-state index is 12.8. The number of ether oxygens (including phenoxy) is 1. The van der Waals surface area contributed by atoms with Crippen molar-refractivity contribution in [2.24, 2.45) is 0 Å². The number of esters is 1. The summed E-state index contributed by atoms with van der Waals surface area (Å²) in [5, 5.41) is 6.72. The Bertz CT molecular complexity index is 1060. The lowest BCUT2D eigenvalue weighted by atomic mass is 9.96. The van der Waals surface area contributed by atoms with E-state index in [1.54, 1.807) is 31.2 Å². The highest BCUT2D eigenvalue weighted by Gasteiger charge is 2.20. The molecule has 0 aliphatic rings. The summed E-state index contributed by atoms with van der Waals surface area (Å²) in [7, 11) is 0. The lowest BCUT2D eigenvalue weighted by molar-refractivity contribution is -0.142. The molecule has 0 bridgehead atoms. The molecule has 160 valence electrons. The van der Waals surface area contributed by atoms with E-state index in [1.165, 1.54) is 0 Å². The third-order valence-electron chi connectivity index (χ3n) is 4.55. The van der Waals surface area contributed by atoms with Crippen LogP contribution in [-0.4, -0.2) is 25.0 Å². The van der Waals surface area contributed by atoms with Crippen molar-refractivity contribution >= 4 is 45.1 Å². The Labute approximate surface area is 194 Å². The minimum atomic E-state index is -0.349. The molecule has 0 aliphatic carbocycles. The molecular weight excluding hydrogens is 480 g/mol. The van der Waals surface area contributed by atoms with Gasteiger partial charge in [-0.3, -0.25) is 14.9 Å². The van der Waals surface area contributed by atoms with Gasteiger partial charge in [-0.15, -0.1) is 0 Å². The first kappa shape index (κ1) is 23.0. The lowest BCUT2D eigenvalue weighted by Crippen LogP contribution is -2.30. The molecule has 0 aliphatic heterocycles. The van der Waals surface area contributed by atoms with E-state index in [4.69, 9.17) is 16.3 Å². The van der Waals surface area contributed by atoms with Gasteiger partial charge in [-0.1, -0.05) is 63.9 Å². The molecule has 0 radical (unpaired) electrons. The predicted molar refractivity (Wildman–Crippen MR) is 126 cm³/mol. The molecule has 7 heteroatoms. The topological polar surface area (TPSA) is 67.4 Å². The van der Waals surface area contributed by atoms with E-state index in [9.17, 15) is 9.59 Å². The standard InChI is InChI=1S/C24H22BrClN2O3/c1-2-31-22(29)15-27-23(16-7-4-3-5-8-16)20-14-18(25)11-12-21(20)28-24(30)17-9-6-10-19(26)13-17/h3-14,23,27H,2,15H2,1H3,(H,28,30)/t23-/m1/s1. The van der Waals surface area contributed by atoms with Crippen molar-refractivity contribution in [2.45, 2.75) is 13.0 Å². The van der Waals surface area contributed by atoms with E-state index in [0.29, 0.717) is 22.9 Å². The van der Waals surface area contributed by atoms with Crippen LogP contribution in [0.4, 0.5) is 5.69 Å². The Hall–Kier alpha value is -2.67. The summed E-state index contributed by atoms with van der Waals surface area (Å²) < 4.78 is 5.91. The number of nitrogens with one attached hydrogen (secondary N) is 2. The van der Waals surface area contributed by atoms with Crippen molar-refractivity contribution in [2.75, 3.05) is 18.5 Å². The zero-order chi connectivity index (χ0) is 22.2. The second kappa shape index (κ2) is 11.1. The van der Waals surface area contributed by atoms with E-state index in [1.807, 2.05) is 48.5 Å². The number of carbonyl (C=O) groups is 2. The van der Waals surface area contributed by atoms with Gasteiger partial charge in [0.05, 0.1) is 19.2 Å². The summed E-state index contributed by atoms with van der Waals surface area (Å²) in [6.45, 7) is 2.11. The molecular formula is C24H22BrClN2O3. The molecule has 1 atom stereocenters. The molecule has 0 aromatic heterocycles. The van der Waals surface area contributed by atoms with Crippen molar-refractivity contribution < 1.29 is 14.3 Å². The molecule has 0 spiro atoms. The molecule has 3 aromatic carbocycles. The van der Waals surface area contributed by atoms with Crippen molar-refractivity contribution in [3.63, 3.8) is 0 Å². The number of rotatable bonds is 8. The normalized spacial score (nSPS) is 11.6. The predicted octanol–water partition coefficient (Wildman–Crippen LogP) is 5.60. The van der Waals surface area contributed by atoms with Gasteiger partial charge in [0.1, 0.15) is 0 Å². The number of hydrogen-bond donors (Lipinski definition) is 2. The lowest BCUT2D eigenvalue weighted by Gasteiger charge is -2.23. The van der Waals surface area contributed by atoms with Gasteiger partial charge in [-0.2, -0.15) is 0 Å². The van der Waals surface area contributed by atoms with Crippen LogP contribution in [0.1, 0.15) is 34.5 Å². The summed E-state index contributed by atoms with van der Waals surface area (Å²) in [5.74, 6) is -0.619. The molecule has 0 heterocycles. The molecule has 1 amide bonds. The van der Waals surface area contributed by atoms with Gasteiger partial charge in [0.25, 0.3) is 5.91 Å². The molecule has 0 saturated heterocycles. The molecule has 0 fully saturated rings. The minimum absolute atomic E-state index is 0.0294. The highest BCUT2D eigenvalue weighted by atomic mass is 79.9. The van der Waals surface area contributed by atoms with E-state index < -0.39 is 0 Å². The highest BCUT2D eigenvalue weighted by Crippen LogP contribution is 2.31. The summed E-state index contributed by atoms with van der Waals surface area (Å²) in [6, 6.07) is 21.7. The Morgan fingerprint density at radius 2 is 1.81 bits per heavy atom. The minimum Gasteiger partial charge on any atom is -0.465 e. The average molecular weight is 502 g/mol. The van der Waals surface area contributed by atoms with E-state index in [2.05, 4.69) is 26.6 Å². The average Bonchev–Trinajstić information content (AvgIpc) is 2.76.